The normalized spacial score (nSPS) is 14.6. The van der Waals surface area contributed by atoms with Gasteiger partial charge in [-0.25, -0.2) is 0 Å². The van der Waals surface area contributed by atoms with Crippen molar-refractivity contribution in [1.29, 1.82) is 0 Å². The maximum absolute atomic E-state index is 11.8. The molecule has 1 saturated carbocycles. The molecule has 1 aliphatic rings. The minimum absolute atomic E-state index is 0.0364. The van der Waals surface area contributed by atoms with Crippen molar-refractivity contribution in [3.05, 3.63) is 22.4 Å². The zero-order chi connectivity index (χ0) is 13.7. The molecule has 1 aromatic rings. The Balaban J connectivity index is 1.73. The molecule has 2 N–H and O–H groups in total. The molecule has 5 nitrogen and oxygen atoms in total. The molecule has 2 rings (SSSR count). The van der Waals surface area contributed by atoms with Crippen LogP contribution in [0.3, 0.4) is 0 Å². The average molecular weight is 282 g/mol. The first kappa shape index (κ1) is 14.0. The van der Waals surface area contributed by atoms with E-state index in [1.807, 2.05) is 22.4 Å². The first-order valence-corrected chi connectivity index (χ1v) is 7.28. The Morgan fingerprint density at radius 1 is 1.47 bits per heavy atom. The fourth-order valence-corrected chi connectivity index (χ4v) is 2.55. The lowest BCUT2D eigenvalue weighted by Gasteiger charge is -2.20. The van der Waals surface area contributed by atoms with Crippen molar-refractivity contribution in [2.75, 3.05) is 13.1 Å². The molecule has 0 spiro atoms. The quantitative estimate of drug-likeness (QED) is 0.754. The smallest absolute Gasteiger partial charge is 0.304 e. The zero-order valence-electron chi connectivity index (χ0n) is 10.7. The summed E-state index contributed by atoms with van der Waals surface area (Å²) in [6, 6.07) is 4.33. The lowest BCUT2D eigenvalue weighted by molar-refractivity contribution is -0.137. The van der Waals surface area contributed by atoms with Gasteiger partial charge in [0.05, 0.1) is 19.5 Å². The molecule has 1 heterocycles. The van der Waals surface area contributed by atoms with Crippen molar-refractivity contribution in [2.24, 2.45) is 0 Å². The van der Waals surface area contributed by atoms with E-state index >= 15 is 0 Å². The van der Waals surface area contributed by atoms with Gasteiger partial charge < -0.3 is 10.4 Å². The Labute approximate surface area is 116 Å². The average Bonchev–Trinajstić information content (AvgIpc) is 3.08. The predicted octanol–water partition coefficient (Wildman–Crippen LogP) is 1.30. The highest BCUT2D eigenvalue weighted by atomic mass is 32.1. The van der Waals surface area contributed by atoms with Crippen molar-refractivity contribution in [2.45, 2.75) is 31.8 Å². The molecule has 0 unspecified atom stereocenters. The number of amides is 1. The Hall–Kier alpha value is -1.40. The van der Waals surface area contributed by atoms with E-state index in [1.165, 1.54) is 0 Å². The Bertz CT molecular complexity index is 429. The molecular weight excluding hydrogens is 264 g/mol. The van der Waals surface area contributed by atoms with Crippen LogP contribution in [0.5, 0.6) is 0 Å². The SMILES string of the molecule is O=C(O)CCN(CC(=O)NCc1cccs1)C1CC1. The monoisotopic (exact) mass is 282 g/mol. The lowest BCUT2D eigenvalue weighted by atomic mass is 10.3. The van der Waals surface area contributed by atoms with Crippen molar-refractivity contribution < 1.29 is 14.7 Å². The van der Waals surface area contributed by atoms with E-state index in [1.54, 1.807) is 11.3 Å². The zero-order valence-corrected chi connectivity index (χ0v) is 11.5. The van der Waals surface area contributed by atoms with Crippen molar-refractivity contribution >= 4 is 23.2 Å². The van der Waals surface area contributed by atoms with Gasteiger partial charge in [-0.2, -0.15) is 0 Å². The van der Waals surface area contributed by atoms with Gasteiger partial charge in [0.15, 0.2) is 0 Å². The number of rotatable bonds is 8. The Morgan fingerprint density at radius 3 is 2.84 bits per heavy atom. The van der Waals surface area contributed by atoms with E-state index < -0.39 is 5.97 Å². The molecule has 19 heavy (non-hydrogen) atoms. The van der Waals surface area contributed by atoms with E-state index in [2.05, 4.69) is 5.32 Å². The first-order chi connectivity index (χ1) is 9.15. The number of hydrogen-bond acceptors (Lipinski definition) is 4. The molecule has 1 aliphatic carbocycles. The number of nitrogens with zero attached hydrogens (tertiary/aromatic N) is 1. The van der Waals surface area contributed by atoms with Gasteiger partial charge in [0.25, 0.3) is 0 Å². The number of carboxylic acid groups (broad SMARTS) is 1. The molecule has 0 aliphatic heterocycles. The van der Waals surface area contributed by atoms with Crippen LogP contribution in [0.25, 0.3) is 0 Å². The van der Waals surface area contributed by atoms with Crippen LogP contribution in [0.4, 0.5) is 0 Å². The van der Waals surface area contributed by atoms with E-state index in [9.17, 15) is 9.59 Å². The summed E-state index contributed by atoms with van der Waals surface area (Å²) in [5, 5.41) is 13.5. The molecule has 0 radical (unpaired) electrons. The summed E-state index contributed by atoms with van der Waals surface area (Å²) in [6.07, 6.45) is 2.23. The van der Waals surface area contributed by atoms with Crippen LogP contribution < -0.4 is 5.32 Å². The van der Waals surface area contributed by atoms with Crippen LogP contribution >= 0.6 is 11.3 Å². The van der Waals surface area contributed by atoms with Crippen LogP contribution in [0.1, 0.15) is 24.1 Å². The third kappa shape index (κ3) is 5.00. The number of aliphatic carboxylic acids is 1. The predicted molar refractivity (Wildman–Crippen MR) is 73.0 cm³/mol. The highest BCUT2D eigenvalue weighted by molar-refractivity contribution is 7.09. The Kier molecular flexibility index (Phi) is 4.93. The second kappa shape index (κ2) is 6.68. The molecule has 1 aromatic heterocycles. The molecular formula is C13H18N2O3S. The third-order valence-electron chi connectivity index (χ3n) is 3.06. The van der Waals surface area contributed by atoms with Gasteiger partial charge in [-0.15, -0.1) is 11.3 Å². The number of nitrogens with one attached hydrogen (secondary N) is 1. The van der Waals surface area contributed by atoms with Gasteiger partial charge in [0.2, 0.25) is 5.91 Å². The van der Waals surface area contributed by atoms with Crippen LogP contribution in [0.15, 0.2) is 17.5 Å². The maximum Gasteiger partial charge on any atom is 0.304 e. The maximum atomic E-state index is 11.8. The van der Waals surface area contributed by atoms with Gasteiger partial charge in [0, 0.05) is 17.5 Å². The van der Waals surface area contributed by atoms with Crippen LogP contribution in [0, 0.1) is 0 Å². The highest BCUT2D eigenvalue weighted by Crippen LogP contribution is 2.26. The molecule has 0 bridgehead atoms. The van der Waals surface area contributed by atoms with Gasteiger partial charge in [0.1, 0.15) is 0 Å². The fourth-order valence-electron chi connectivity index (χ4n) is 1.91. The van der Waals surface area contributed by atoms with E-state index in [-0.39, 0.29) is 12.3 Å². The minimum Gasteiger partial charge on any atom is -0.481 e. The number of thiophene rings is 1. The standard InChI is InChI=1S/C13H18N2O3S/c16-12(14-8-11-2-1-7-19-11)9-15(10-3-4-10)6-5-13(17)18/h1-2,7,10H,3-6,8-9H2,(H,14,16)(H,17,18). The molecule has 1 fully saturated rings. The first-order valence-electron chi connectivity index (χ1n) is 6.40. The van der Waals surface area contributed by atoms with Crippen LogP contribution in [0.2, 0.25) is 0 Å². The summed E-state index contributed by atoms with van der Waals surface area (Å²) in [7, 11) is 0. The van der Waals surface area contributed by atoms with E-state index in [4.69, 9.17) is 5.11 Å². The summed E-state index contributed by atoms with van der Waals surface area (Å²) < 4.78 is 0. The number of carboxylic acids is 1. The minimum atomic E-state index is -0.815. The number of carbonyl (C=O) groups excluding carboxylic acids is 1. The molecule has 0 saturated heterocycles. The lowest BCUT2D eigenvalue weighted by Crippen LogP contribution is -2.39. The van der Waals surface area contributed by atoms with Crippen molar-refractivity contribution in [1.82, 2.24) is 10.2 Å². The van der Waals surface area contributed by atoms with E-state index in [0.29, 0.717) is 25.7 Å². The van der Waals surface area contributed by atoms with Gasteiger partial charge >= 0.3 is 5.97 Å². The molecule has 104 valence electrons. The topological polar surface area (TPSA) is 69.6 Å². The molecule has 0 atom stereocenters. The molecule has 6 heteroatoms. The molecule has 1 amide bonds. The Morgan fingerprint density at radius 2 is 2.26 bits per heavy atom. The molecule has 0 aromatic carbocycles. The summed E-state index contributed by atoms with van der Waals surface area (Å²) in [4.78, 5) is 25.5. The number of hydrogen-bond donors (Lipinski definition) is 2. The largest absolute Gasteiger partial charge is 0.481 e. The number of carbonyl (C=O) groups is 2. The summed E-state index contributed by atoms with van der Waals surface area (Å²) in [5.41, 5.74) is 0. The van der Waals surface area contributed by atoms with Crippen LogP contribution in [-0.2, 0) is 16.1 Å². The van der Waals surface area contributed by atoms with E-state index in [0.717, 1.165) is 17.7 Å². The fraction of sp³-hybridized carbons (Fsp3) is 0.538. The third-order valence-corrected chi connectivity index (χ3v) is 3.94. The van der Waals surface area contributed by atoms with Gasteiger partial charge in [-0.1, -0.05) is 6.07 Å². The van der Waals surface area contributed by atoms with Crippen molar-refractivity contribution in [3.8, 4) is 0 Å². The van der Waals surface area contributed by atoms with Crippen LogP contribution in [-0.4, -0.2) is 41.0 Å². The summed E-state index contributed by atoms with van der Waals surface area (Å²) in [6.45, 7) is 1.30. The van der Waals surface area contributed by atoms with Crippen molar-refractivity contribution in [3.63, 3.8) is 0 Å². The second-order valence-electron chi connectivity index (χ2n) is 4.70. The summed E-state index contributed by atoms with van der Waals surface area (Å²) >= 11 is 1.61. The van der Waals surface area contributed by atoms with Gasteiger partial charge in [-0.05, 0) is 24.3 Å². The second-order valence-corrected chi connectivity index (χ2v) is 5.73. The summed E-state index contributed by atoms with van der Waals surface area (Å²) in [5.74, 6) is -0.852. The van der Waals surface area contributed by atoms with Gasteiger partial charge in [-0.3, -0.25) is 14.5 Å². The highest BCUT2D eigenvalue weighted by Gasteiger charge is 2.30.